The summed E-state index contributed by atoms with van der Waals surface area (Å²) in [4.78, 5) is 27.1. The summed E-state index contributed by atoms with van der Waals surface area (Å²) in [6.07, 6.45) is 5.93. The minimum absolute atomic E-state index is 0.0259. The smallest absolute Gasteiger partial charge is 0.253 e. The lowest BCUT2D eigenvalue weighted by Crippen LogP contribution is -2.28. The molecule has 1 aromatic carbocycles. The maximum absolute atomic E-state index is 12.9. The van der Waals surface area contributed by atoms with Crippen LogP contribution in [-0.2, 0) is 11.2 Å². The molecular weight excluding hydrogens is 364 g/mol. The fourth-order valence-corrected chi connectivity index (χ4v) is 4.07. The SMILES string of the molecule is Cc1ccc(C(=O)N(C)CCCc2c(C)n[nH]c2C)cc1NC(=O)C1CCCC1. The van der Waals surface area contributed by atoms with Crippen LogP contribution in [0.5, 0.6) is 0 Å². The predicted octanol–water partition coefficient (Wildman–Crippen LogP) is 4.17. The molecule has 1 saturated carbocycles. The molecule has 2 amide bonds. The van der Waals surface area contributed by atoms with Gasteiger partial charge in [-0.15, -0.1) is 0 Å². The Morgan fingerprint density at radius 1 is 1.21 bits per heavy atom. The molecule has 156 valence electrons. The van der Waals surface area contributed by atoms with E-state index in [4.69, 9.17) is 0 Å². The number of carbonyl (C=O) groups excluding carboxylic acids is 2. The largest absolute Gasteiger partial charge is 0.342 e. The lowest BCUT2D eigenvalue weighted by molar-refractivity contribution is -0.119. The number of carbonyl (C=O) groups is 2. The Balaban J connectivity index is 1.60. The molecule has 3 rings (SSSR count). The summed E-state index contributed by atoms with van der Waals surface area (Å²) in [5.41, 5.74) is 5.68. The first-order chi connectivity index (χ1) is 13.9. The number of hydrogen-bond donors (Lipinski definition) is 2. The third kappa shape index (κ3) is 5.05. The maximum atomic E-state index is 12.9. The normalized spacial score (nSPS) is 14.2. The molecule has 1 heterocycles. The first-order valence-corrected chi connectivity index (χ1v) is 10.5. The highest BCUT2D eigenvalue weighted by molar-refractivity contribution is 5.98. The van der Waals surface area contributed by atoms with Crippen LogP contribution in [0, 0.1) is 26.7 Å². The Morgan fingerprint density at radius 2 is 1.93 bits per heavy atom. The lowest BCUT2D eigenvalue weighted by atomic mass is 10.1. The van der Waals surface area contributed by atoms with Crippen LogP contribution in [0.25, 0.3) is 0 Å². The van der Waals surface area contributed by atoms with Gasteiger partial charge in [0.1, 0.15) is 0 Å². The van der Waals surface area contributed by atoms with Crippen LogP contribution in [0.1, 0.15) is 65.0 Å². The van der Waals surface area contributed by atoms with Crippen LogP contribution in [0.3, 0.4) is 0 Å². The first kappa shape index (κ1) is 21.1. The summed E-state index contributed by atoms with van der Waals surface area (Å²) < 4.78 is 0. The van der Waals surface area contributed by atoms with E-state index in [-0.39, 0.29) is 17.7 Å². The van der Waals surface area contributed by atoms with E-state index in [9.17, 15) is 9.59 Å². The average Bonchev–Trinajstić information content (AvgIpc) is 3.34. The van der Waals surface area contributed by atoms with Gasteiger partial charge in [-0.25, -0.2) is 0 Å². The Labute approximate surface area is 173 Å². The van der Waals surface area contributed by atoms with E-state index >= 15 is 0 Å². The van der Waals surface area contributed by atoms with Crippen molar-refractivity contribution in [3.05, 3.63) is 46.3 Å². The van der Waals surface area contributed by atoms with Crippen LogP contribution in [0.15, 0.2) is 18.2 Å². The second-order valence-electron chi connectivity index (χ2n) is 8.24. The maximum Gasteiger partial charge on any atom is 0.253 e. The number of anilines is 1. The van der Waals surface area contributed by atoms with Crippen molar-refractivity contribution in [2.24, 2.45) is 5.92 Å². The highest BCUT2D eigenvalue weighted by Crippen LogP contribution is 2.27. The lowest BCUT2D eigenvalue weighted by Gasteiger charge is -2.19. The van der Waals surface area contributed by atoms with Gasteiger partial charge in [0.2, 0.25) is 5.91 Å². The van der Waals surface area contributed by atoms with E-state index in [0.29, 0.717) is 12.1 Å². The quantitative estimate of drug-likeness (QED) is 0.737. The van der Waals surface area contributed by atoms with Crippen LogP contribution in [0.4, 0.5) is 5.69 Å². The van der Waals surface area contributed by atoms with Gasteiger partial charge in [-0.1, -0.05) is 18.9 Å². The van der Waals surface area contributed by atoms with Crippen molar-refractivity contribution >= 4 is 17.5 Å². The Bertz CT molecular complexity index is 861. The summed E-state index contributed by atoms with van der Waals surface area (Å²) in [7, 11) is 1.83. The molecule has 0 atom stereocenters. The van der Waals surface area contributed by atoms with Gasteiger partial charge in [0.05, 0.1) is 5.69 Å². The molecule has 0 saturated heterocycles. The first-order valence-electron chi connectivity index (χ1n) is 10.5. The Hall–Kier alpha value is -2.63. The summed E-state index contributed by atoms with van der Waals surface area (Å²) in [6.45, 7) is 6.65. The number of aromatic amines is 1. The number of hydrogen-bond acceptors (Lipinski definition) is 3. The fourth-order valence-electron chi connectivity index (χ4n) is 4.07. The number of benzene rings is 1. The van der Waals surface area contributed by atoms with Gasteiger partial charge in [-0.2, -0.15) is 5.10 Å². The van der Waals surface area contributed by atoms with Crippen molar-refractivity contribution in [2.75, 3.05) is 18.9 Å². The van der Waals surface area contributed by atoms with Crippen molar-refractivity contribution in [2.45, 2.75) is 59.3 Å². The monoisotopic (exact) mass is 396 g/mol. The van der Waals surface area contributed by atoms with E-state index in [1.54, 1.807) is 4.90 Å². The summed E-state index contributed by atoms with van der Waals surface area (Å²) in [5.74, 6) is 0.155. The standard InChI is InChI=1S/C23H32N4O2/c1-15-11-12-19(14-21(15)24-22(28)18-8-5-6-9-18)23(29)27(4)13-7-10-20-16(2)25-26-17(20)3/h11-12,14,18H,5-10,13H2,1-4H3,(H,24,28)(H,25,26). The van der Waals surface area contributed by atoms with Gasteiger partial charge >= 0.3 is 0 Å². The predicted molar refractivity (Wildman–Crippen MR) is 115 cm³/mol. The molecule has 29 heavy (non-hydrogen) atoms. The van der Waals surface area contributed by atoms with E-state index in [1.165, 1.54) is 5.56 Å². The highest BCUT2D eigenvalue weighted by Gasteiger charge is 2.23. The summed E-state index contributed by atoms with van der Waals surface area (Å²) >= 11 is 0. The Morgan fingerprint density at radius 3 is 2.59 bits per heavy atom. The number of aromatic nitrogens is 2. The van der Waals surface area contributed by atoms with E-state index in [2.05, 4.69) is 15.5 Å². The molecule has 6 nitrogen and oxygen atoms in total. The summed E-state index contributed by atoms with van der Waals surface area (Å²) in [6, 6.07) is 5.55. The zero-order chi connectivity index (χ0) is 21.0. The van der Waals surface area contributed by atoms with E-state index in [1.807, 2.05) is 46.0 Å². The van der Waals surface area contributed by atoms with Crippen LogP contribution < -0.4 is 5.32 Å². The molecule has 0 unspecified atom stereocenters. The minimum Gasteiger partial charge on any atom is -0.342 e. The van der Waals surface area contributed by atoms with Gasteiger partial charge in [0, 0.05) is 36.5 Å². The molecule has 0 spiro atoms. The molecule has 1 aromatic heterocycles. The molecule has 0 radical (unpaired) electrons. The third-order valence-corrected chi connectivity index (χ3v) is 6.02. The second-order valence-corrected chi connectivity index (χ2v) is 8.24. The summed E-state index contributed by atoms with van der Waals surface area (Å²) in [5, 5.41) is 10.3. The minimum atomic E-state index is -0.0259. The van der Waals surface area contributed by atoms with Gasteiger partial charge in [0.25, 0.3) is 5.91 Å². The molecule has 1 fully saturated rings. The second kappa shape index (κ2) is 9.25. The molecule has 1 aliphatic rings. The number of nitrogens with zero attached hydrogens (tertiary/aromatic N) is 2. The highest BCUT2D eigenvalue weighted by atomic mass is 16.2. The molecule has 1 aliphatic carbocycles. The molecule has 6 heteroatoms. The molecule has 0 bridgehead atoms. The molecule has 2 aromatic rings. The zero-order valence-corrected chi connectivity index (χ0v) is 18.0. The third-order valence-electron chi connectivity index (χ3n) is 6.02. The topological polar surface area (TPSA) is 78.1 Å². The molecular formula is C23H32N4O2. The van der Waals surface area contributed by atoms with Crippen LogP contribution in [-0.4, -0.2) is 40.5 Å². The number of amides is 2. The number of nitrogens with one attached hydrogen (secondary N) is 2. The fraction of sp³-hybridized carbons (Fsp3) is 0.522. The number of aryl methyl sites for hydroxylation is 3. The van der Waals surface area contributed by atoms with Gasteiger partial charge in [-0.05, 0) is 69.7 Å². The van der Waals surface area contributed by atoms with Gasteiger partial charge in [-0.3, -0.25) is 14.7 Å². The van der Waals surface area contributed by atoms with Crippen molar-refractivity contribution in [3.8, 4) is 0 Å². The van der Waals surface area contributed by atoms with Crippen molar-refractivity contribution in [3.63, 3.8) is 0 Å². The number of H-pyrrole nitrogens is 1. The van der Waals surface area contributed by atoms with Crippen molar-refractivity contribution < 1.29 is 9.59 Å². The van der Waals surface area contributed by atoms with Crippen molar-refractivity contribution in [1.82, 2.24) is 15.1 Å². The zero-order valence-electron chi connectivity index (χ0n) is 18.0. The molecule has 2 N–H and O–H groups in total. The van der Waals surface area contributed by atoms with Gasteiger partial charge < -0.3 is 10.2 Å². The number of rotatable bonds is 7. The van der Waals surface area contributed by atoms with Crippen LogP contribution in [0.2, 0.25) is 0 Å². The molecule has 0 aliphatic heterocycles. The van der Waals surface area contributed by atoms with Crippen molar-refractivity contribution in [1.29, 1.82) is 0 Å². The average molecular weight is 397 g/mol. The van der Waals surface area contributed by atoms with Gasteiger partial charge in [0.15, 0.2) is 0 Å². The van der Waals surface area contributed by atoms with E-state index < -0.39 is 0 Å². The Kier molecular flexibility index (Phi) is 6.72. The van der Waals surface area contributed by atoms with E-state index in [0.717, 1.165) is 61.2 Å². The van der Waals surface area contributed by atoms with Crippen LogP contribution >= 0.6 is 0 Å².